The van der Waals surface area contributed by atoms with Crippen LogP contribution in [0.15, 0.2) is 66.7 Å². The Labute approximate surface area is 303 Å². The zero-order chi connectivity index (χ0) is 35.1. The van der Waals surface area contributed by atoms with Crippen LogP contribution < -0.4 is 45.1 Å². The lowest BCUT2D eigenvalue weighted by Gasteiger charge is -2.44. The summed E-state index contributed by atoms with van der Waals surface area (Å²) in [6, 6.07) is 25.0. The van der Waals surface area contributed by atoms with Crippen LogP contribution in [0.5, 0.6) is 23.0 Å². The second kappa shape index (κ2) is 10.5. The Morgan fingerprint density at radius 2 is 1.29 bits per heavy atom. The van der Waals surface area contributed by atoms with Crippen LogP contribution in [0.25, 0.3) is 10.1 Å². The van der Waals surface area contributed by atoms with E-state index >= 15 is 0 Å². The SMILES string of the molecule is Cc1cc2c3c(c1)N(c1c(C)cc4c(c1C)OCO4)c1sc4ccccc4c1B3c1cc3c(cc1N2c1c(C)cc(C(C)(C)C)cc1C)OCO3. The Morgan fingerprint density at radius 1 is 0.647 bits per heavy atom. The molecule has 0 unspecified atom stereocenters. The molecule has 4 aliphatic heterocycles. The summed E-state index contributed by atoms with van der Waals surface area (Å²) in [6.45, 7) is 18.4. The molecule has 0 N–H and O–H groups in total. The van der Waals surface area contributed by atoms with Gasteiger partial charge in [0.25, 0.3) is 6.71 Å². The fourth-order valence-corrected chi connectivity index (χ4v) is 10.2. The monoisotopic (exact) mass is 690 g/mol. The van der Waals surface area contributed by atoms with Crippen LogP contribution in [0, 0.1) is 34.6 Å². The molecular formula is C43H39BN2O4S. The number of ether oxygens (including phenoxy) is 4. The number of fused-ring (bicyclic) bond motifs is 8. The molecule has 5 aromatic carbocycles. The van der Waals surface area contributed by atoms with Gasteiger partial charge >= 0.3 is 0 Å². The molecule has 8 heteroatoms. The number of aryl methyl sites for hydroxylation is 4. The number of hydrogen-bond donors (Lipinski definition) is 0. The number of hydrogen-bond acceptors (Lipinski definition) is 7. The molecule has 0 radical (unpaired) electrons. The molecule has 0 bridgehead atoms. The van der Waals surface area contributed by atoms with Crippen LogP contribution in [0.4, 0.5) is 33.4 Å². The molecule has 5 heterocycles. The van der Waals surface area contributed by atoms with Gasteiger partial charge in [-0.1, -0.05) is 51.1 Å². The van der Waals surface area contributed by atoms with E-state index in [1.807, 2.05) is 11.3 Å². The Kier molecular flexibility index (Phi) is 6.32. The van der Waals surface area contributed by atoms with Gasteiger partial charge in [-0.3, -0.25) is 0 Å². The van der Waals surface area contributed by atoms with Crippen molar-refractivity contribution in [3.63, 3.8) is 0 Å². The maximum Gasteiger partial charge on any atom is 0.254 e. The van der Waals surface area contributed by atoms with Crippen molar-refractivity contribution < 1.29 is 18.9 Å². The highest BCUT2D eigenvalue weighted by atomic mass is 32.1. The smallest absolute Gasteiger partial charge is 0.254 e. The lowest BCUT2D eigenvalue weighted by molar-refractivity contribution is 0.173. The van der Waals surface area contributed by atoms with Gasteiger partial charge < -0.3 is 28.7 Å². The van der Waals surface area contributed by atoms with E-state index in [1.165, 1.54) is 70.8 Å². The predicted octanol–water partition coefficient (Wildman–Crippen LogP) is 9.28. The molecule has 0 saturated carbocycles. The highest BCUT2D eigenvalue weighted by Crippen LogP contribution is 2.53. The maximum absolute atomic E-state index is 6.10. The summed E-state index contributed by atoms with van der Waals surface area (Å²) < 4.78 is 25.4. The number of rotatable bonds is 2. The lowest BCUT2D eigenvalue weighted by atomic mass is 9.33. The number of nitrogens with zero attached hydrogens (tertiary/aromatic N) is 2. The summed E-state index contributed by atoms with van der Waals surface area (Å²) in [5.74, 6) is 3.23. The number of benzene rings is 5. The summed E-state index contributed by atoms with van der Waals surface area (Å²) in [5, 5.41) is 2.51. The number of anilines is 6. The lowest BCUT2D eigenvalue weighted by Crippen LogP contribution is -2.61. The largest absolute Gasteiger partial charge is 0.454 e. The molecule has 51 heavy (non-hydrogen) atoms. The fraction of sp³-hybridized carbons (Fsp3) is 0.256. The molecule has 0 atom stereocenters. The average Bonchev–Trinajstić information content (AvgIpc) is 3.83. The van der Waals surface area contributed by atoms with Gasteiger partial charge in [-0.15, -0.1) is 11.3 Å². The third-order valence-corrected chi connectivity index (χ3v) is 12.3. The van der Waals surface area contributed by atoms with E-state index in [9.17, 15) is 0 Å². The Morgan fingerprint density at radius 3 is 2.04 bits per heavy atom. The Bertz CT molecular complexity index is 2490. The van der Waals surface area contributed by atoms with Crippen LogP contribution in [0.3, 0.4) is 0 Å². The molecule has 1 aromatic heterocycles. The van der Waals surface area contributed by atoms with Gasteiger partial charge in [0.1, 0.15) is 0 Å². The molecule has 0 fully saturated rings. The highest BCUT2D eigenvalue weighted by Gasteiger charge is 2.47. The van der Waals surface area contributed by atoms with Crippen molar-refractivity contribution in [1.29, 1.82) is 0 Å². The van der Waals surface area contributed by atoms with Crippen LogP contribution in [0.1, 0.15) is 54.2 Å². The maximum atomic E-state index is 6.10. The van der Waals surface area contributed by atoms with Crippen LogP contribution in [-0.4, -0.2) is 20.3 Å². The summed E-state index contributed by atoms with van der Waals surface area (Å²) in [7, 11) is 0. The quantitative estimate of drug-likeness (QED) is 0.169. The third-order valence-electron chi connectivity index (χ3n) is 11.1. The van der Waals surface area contributed by atoms with Gasteiger partial charge in [-0.25, -0.2) is 0 Å². The van der Waals surface area contributed by atoms with Gasteiger partial charge in [0.05, 0.1) is 16.4 Å². The Balaban J connectivity index is 1.34. The molecule has 0 aliphatic carbocycles. The first kappa shape index (κ1) is 30.7. The first-order chi connectivity index (χ1) is 24.5. The Hall–Kier alpha value is -5.08. The molecule has 0 amide bonds. The van der Waals surface area contributed by atoms with Crippen molar-refractivity contribution in [2.24, 2.45) is 0 Å². The van der Waals surface area contributed by atoms with Gasteiger partial charge in [0, 0.05) is 33.4 Å². The fourth-order valence-electron chi connectivity index (χ4n) is 8.90. The van der Waals surface area contributed by atoms with Crippen molar-refractivity contribution in [2.75, 3.05) is 23.4 Å². The van der Waals surface area contributed by atoms with E-state index < -0.39 is 0 Å². The first-order valence-corrected chi connectivity index (χ1v) is 18.5. The second-order valence-corrected chi connectivity index (χ2v) is 16.5. The molecule has 10 rings (SSSR count). The summed E-state index contributed by atoms with van der Waals surface area (Å²) in [4.78, 5) is 5.03. The molecule has 254 valence electrons. The zero-order valence-electron chi connectivity index (χ0n) is 30.3. The summed E-state index contributed by atoms with van der Waals surface area (Å²) in [5.41, 5.74) is 17.0. The van der Waals surface area contributed by atoms with Gasteiger partial charge in [-0.05, 0) is 120 Å². The van der Waals surface area contributed by atoms with E-state index in [0.29, 0.717) is 0 Å². The van der Waals surface area contributed by atoms with Crippen molar-refractivity contribution >= 4 is 78.0 Å². The van der Waals surface area contributed by atoms with Crippen LogP contribution in [0.2, 0.25) is 0 Å². The van der Waals surface area contributed by atoms with Crippen LogP contribution >= 0.6 is 11.3 Å². The summed E-state index contributed by atoms with van der Waals surface area (Å²) >= 11 is 1.86. The van der Waals surface area contributed by atoms with Crippen molar-refractivity contribution in [2.45, 2.75) is 60.8 Å². The average molecular weight is 691 g/mol. The summed E-state index contributed by atoms with van der Waals surface area (Å²) in [6.07, 6.45) is 0. The molecular weight excluding hydrogens is 651 g/mol. The second-order valence-electron chi connectivity index (χ2n) is 15.5. The molecule has 6 aromatic rings. The number of thiophene rings is 1. The zero-order valence-corrected chi connectivity index (χ0v) is 31.1. The minimum Gasteiger partial charge on any atom is -0.454 e. The molecule has 6 nitrogen and oxygen atoms in total. The van der Waals surface area contributed by atoms with E-state index in [4.69, 9.17) is 18.9 Å². The predicted molar refractivity (Wildman–Crippen MR) is 210 cm³/mol. The van der Waals surface area contributed by atoms with E-state index in [1.54, 1.807) is 0 Å². The molecule has 0 saturated heterocycles. The third kappa shape index (κ3) is 4.23. The van der Waals surface area contributed by atoms with E-state index in [0.717, 1.165) is 45.5 Å². The molecule has 4 aliphatic rings. The van der Waals surface area contributed by atoms with E-state index in [2.05, 4.69) is 132 Å². The normalized spacial score (nSPS) is 15.0. The standard InChI is InChI=1S/C43H39BN2O4S/c1-22-13-31-38-32(14-22)46(40-25(4)17-35-41(26(40)5)50-21-49-35)42-37(28-11-9-10-12-36(28)51-42)44(38)29-18-33-34(48-20-47-33)19-30(29)45(31)39-23(2)15-27(16-24(39)3)43(6,7)8/h9-19H,20-21H2,1-8H3. The molecule has 0 spiro atoms. The van der Waals surface area contributed by atoms with E-state index in [-0.39, 0.29) is 25.7 Å². The van der Waals surface area contributed by atoms with Gasteiger partial charge in [0.15, 0.2) is 23.0 Å². The minimum absolute atomic E-state index is 0.0252. The van der Waals surface area contributed by atoms with Crippen LogP contribution in [-0.2, 0) is 5.41 Å². The highest BCUT2D eigenvalue weighted by molar-refractivity contribution is 7.26. The topological polar surface area (TPSA) is 43.4 Å². The van der Waals surface area contributed by atoms with Gasteiger partial charge in [0.2, 0.25) is 13.6 Å². The first-order valence-electron chi connectivity index (χ1n) is 17.7. The minimum atomic E-state index is -0.0252. The van der Waals surface area contributed by atoms with Crippen molar-refractivity contribution in [1.82, 2.24) is 0 Å². The van der Waals surface area contributed by atoms with Crippen molar-refractivity contribution in [3.8, 4) is 23.0 Å². The van der Waals surface area contributed by atoms with Gasteiger partial charge in [-0.2, -0.15) is 0 Å². The van der Waals surface area contributed by atoms with Crippen molar-refractivity contribution in [3.05, 3.63) is 100 Å².